The summed E-state index contributed by atoms with van der Waals surface area (Å²) in [6.45, 7) is 0. The Hall–Kier alpha value is -1.96. The number of halogens is 1. The quantitative estimate of drug-likeness (QED) is 0.817. The van der Waals surface area contributed by atoms with Crippen LogP contribution in [0, 0.1) is 3.57 Å². The van der Waals surface area contributed by atoms with Gasteiger partial charge in [-0.2, -0.15) is 0 Å². The highest BCUT2D eigenvalue weighted by molar-refractivity contribution is 14.1. The molecule has 1 aromatic heterocycles. The van der Waals surface area contributed by atoms with Gasteiger partial charge in [0.2, 0.25) is 0 Å². The lowest BCUT2D eigenvalue weighted by atomic mass is 10.2. The van der Waals surface area contributed by atoms with Crippen molar-refractivity contribution < 1.29 is 14.7 Å². The molecule has 2 rings (SSSR count). The smallest absolute Gasteiger partial charge is 0.339 e. The van der Waals surface area contributed by atoms with Crippen LogP contribution in [-0.4, -0.2) is 22.0 Å². The number of carboxylic acids is 1. The van der Waals surface area contributed by atoms with Crippen LogP contribution >= 0.6 is 22.6 Å². The molecule has 2 N–H and O–H groups in total. The third-order valence-electron chi connectivity index (χ3n) is 2.39. The summed E-state index contributed by atoms with van der Waals surface area (Å²) in [6, 6.07) is 9.92. The maximum atomic E-state index is 12.1. The number of hydrogen-bond acceptors (Lipinski definition) is 3. The standard InChI is InChI=1S/C13H9IN2O3/c14-10-6-2-1-4-8(10)12(17)16-11-9(13(18)19)5-3-7-15-11/h1-7H,(H,18,19)(H,15,16,17). The van der Waals surface area contributed by atoms with Crippen molar-refractivity contribution in [3.63, 3.8) is 0 Å². The molecule has 0 fully saturated rings. The number of benzene rings is 1. The third kappa shape index (κ3) is 3.08. The SMILES string of the molecule is O=C(Nc1ncccc1C(=O)O)c1ccccc1I. The van der Waals surface area contributed by atoms with Gasteiger partial charge in [0.25, 0.3) is 5.91 Å². The Bertz CT molecular complexity index is 643. The van der Waals surface area contributed by atoms with Crippen LogP contribution in [-0.2, 0) is 0 Å². The summed E-state index contributed by atoms with van der Waals surface area (Å²) in [7, 11) is 0. The van der Waals surface area contributed by atoms with Crippen molar-refractivity contribution in [3.8, 4) is 0 Å². The Morgan fingerprint density at radius 1 is 1.11 bits per heavy atom. The van der Waals surface area contributed by atoms with E-state index in [4.69, 9.17) is 5.11 Å². The van der Waals surface area contributed by atoms with E-state index in [-0.39, 0.29) is 17.3 Å². The van der Waals surface area contributed by atoms with Gasteiger partial charge in [-0.25, -0.2) is 9.78 Å². The summed E-state index contributed by atoms with van der Waals surface area (Å²) in [4.78, 5) is 27.0. The first kappa shape index (κ1) is 13.5. The molecule has 0 atom stereocenters. The molecule has 2 aromatic rings. The predicted octanol–water partition coefficient (Wildman–Crippen LogP) is 2.64. The Morgan fingerprint density at radius 3 is 2.47 bits per heavy atom. The number of nitrogens with zero attached hydrogens (tertiary/aromatic N) is 1. The molecule has 0 aliphatic carbocycles. The molecule has 19 heavy (non-hydrogen) atoms. The fourth-order valence-corrected chi connectivity index (χ4v) is 2.13. The van der Waals surface area contributed by atoms with E-state index in [1.165, 1.54) is 18.3 Å². The summed E-state index contributed by atoms with van der Waals surface area (Å²) < 4.78 is 0.783. The molecule has 0 aliphatic rings. The molecule has 0 bridgehead atoms. The molecule has 96 valence electrons. The van der Waals surface area contributed by atoms with Gasteiger partial charge in [-0.1, -0.05) is 12.1 Å². The first-order valence-corrected chi connectivity index (χ1v) is 6.41. The minimum atomic E-state index is -1.13. The molecule has 1 heterocycles. The summed E-state index contributed by atoms with van der Waals surface area (Å²) in [5, 5.41) is 11.5. The number of pyridine rings is 1. The van der Waals surface area contributed by atoms with E-state index in [9.17, 15) is 9.59 Å². The number of aromatic nitrogens is 1. The number of aromatic carboxylic acids is 1. The number of carboxylic acid groups (broad SMARTS) is 1. The summed E-state index contributed by atoms with van der Waals surface area (Å²) in [5.41, 5.74) is 0.437. The average molecular weight is 368 g/mol. The minimum Gasteiger partial charge on any atom is -0.478 e. The highest BCUT2D eigenvalue weighted by Crippen LogP contribution is 2.16. The van der Waals surface area contributed by atoms with E-state index >= 15 is 0 Å². The van der Waals surface area contributed by atoms with Gasteiger partial charge in [0.05, 0.1) is 5.56 Å². The van der Waals surface area contributed by atoms with Crippen LogP contribution < -0.4 is 5.32 Å². The molecule has 1 amide bonds. The molecular formula is C13H9IN2O3. The van der Waals surface area contributed by atoms with Gasteiger partial charge in [0, 0.05) is 9.77 Å². The molecule has 0 aliphatic heterocycles. The summed E-state index contributed by atoms with van der Waals surface area (Å²) >= 11 is 2.04. The minimum absolute atomic E-state index is 0.0400. The molecule has 0 saturated carbocycles. The van der Waals surface area contributed by atoms with E-state index in [1.807, 2.05) is 28.7 Å². The number of rotatable bonds is 3. The summed E-state index contributed by atoms with van der Waals surface area (Å²) in [5.74, 6) is -1.47. The lowest BCUT2D eigenvalue weighted by Crippen LogP contribution is -2.17. The second-order valence-corrected chi connectivity index (χ2v) is 4.80. The van der Waals surface area contributed by atoms with E-state index in [1.54, 1.807) is 18.2 Å². The molecule has 0 saturated heterocycles. The van der Waals surface area contributed by atoms with Crippen molar-refractivity contribution in [3.05, 3.63) is 57.3 Å². The largest absolute Gasteiger partial charge is 0.478 e. The van der Waals surface area contributed by atoms with E-state index in [2.05, 4.69) is 10.3 Å². The number of nitrogens with one attached hydrogen (secondary N) is 1. The van der Waals surface area contributed by atoms with Crippen LogP contribution in [0.4, 0.5) is 5.82 Å². The number of carbonyl (C=O) groups is 2. The molecular weight excluding hydrogens is 359 g/mol. The van der Waals surface area contributed by atoms with Gasteiger partial charge in [-0.15, -0.1) is 0 Å². The fourth-order valence-electron chi connectivity index (χ4n) is 1.50. The van der Waals surface area contributed by atoms with Gasteiger partial charge < -0.3 is 10.4 Å². The summed E-state index contributed by atoms with van der Waals surface area (Å²) in [6.07, 6.45) is 1.43. The maximum Gasteiger partial charge on any atom is 0.339 e. The van der Waals surface area contributed by atoms with Crippen LogP contribution in [0.2, 0.25) is 0 Å². The molecule has 1 aromatic carbocycles. The topological polar surface area (TPSA) is 79.3 Å². The average Bonchev–Trinajstić information content (AvgIpc) is 2.39. The monoisotopic (exact) mass is 368 g/mol. The van der Waals surface area contributed by atoms with E-state index < -0.39 is 5.97 Å². The first-order chi connectivity index (χ1) is 9.09. The second kappa shape index (κ2) is 5.79. The molecule has 0 spiro atoms. The van der Waals surface area contributed by atoms with Crippen molar-refractivity contribution in [2.24, 2.45) is 0 Å². The van der Waals surface area contributed by atoms with Crippen LogP contribution in [0.3, 0.4) is 0 Å². The van der Waals surface area contributed by atoms with Gasteiger partial charge >= 0.3 is 5.97 Å². The second-order valence-electron chi connectivity index (χ2n) is 3.64. The van der Waals surface area contributed by atoms with Crippen LogP contribution in [0.5, 0.6) is 0 Å². The Morgan fingerprint density at radius 2 is 1.79 bits per heavy atom. The Kier molecular flexibility index (Phi) is 4.10. The predicted molar refractivity (Wildman–Crippen MR) is 78.3 cm³/mol. The van der Waals surface area contributed by atoms with Gasteiger partial charge in [-0.05, 0) is 46.9 Å². The fraction of sp³-hybridized carbons (Fsp3) is 0. The Labute approximate surface area is 122 Å². The number of anilines is 1. The van der Waals surface area contributed by atoms with Crippen molar-refractivity contribution in [1.29, 1.82) is 0 Å². The van der Waals surface area contributed by atoms with E-state index in [0.29, 0.717) is 5.56 Å². The molecule has 6 heteroatoms. The Balaban J connectivity index is 2.30. The lowest BCUT2D eigenvalue weighted by Gasteiger charge is -2.08. The van der Waals surface area contributed by atoms with Crippen LogP contribution in [0.15, 0.2) is 42.6 Å². The zero-order valence-electron chi connectivity index (χ0n) is 9.63. The molecule has 0 radical (unpaired) electrons. The van der Waals surface area contributed by atoms with Crippen LogP contribution in [0.1, 0.15) is 20.7 Å². The maximum absolute atomic E-state index is 12.1. The van der Waals surface area contributed by atoms with Crippen molar-refractivity contribution in [2.75, 3.05) is 5.32 Å². The van der Waals surface area contributed by atoms with Gasteiger partial charge in [0.15, 0.2) is 0 Å². The highest BCUT2D eigenvalue weighted by Gasteiger charge is 2.15. The third-order valence-corrected chi connectivity index (χ3v) is 3.33. The molecule has 5 nitrogen and oxygen atoms in total. The normalized spacial score (nSPS) is 9.95. The van der Waals surface area contributed by atoms with Crippen molar-refractivity contribution in [2.45, 2.75) is 0 Å². The van der Waals surface area contributed by atoms with Crippen molar-refractivity contribution in [1.82, 2.24) is 4.98 Å². The van der Waals surface area contributed by atoms with Crippen molar-refractivity contribution >= 4 is 40.3 Å². The number of hydrogen-bond donors (Lipinski definition) is 2. The zero-order valence-corrected chi connectivity index (χ0v) is 11.8. The number of amides is 1. The first-order valence-electron chi connectivity index (χ1n) is 5.34. The van der Waals surface area contributed by atoms with Gasteiger partial charge in [0.1, 0.15) is 11.4 Å². The zero-order chi connectivity index (χ0) is 13.8. The van der Waals surface area contributed by atoms with Gasteiger partial charge in [-0.3, -0.25) is 4.79 Å². The van der Waals surface area contributed by atoms with E-state index in [0.717, 1.165) is 3.57 Å². The lowest BCUT2D eigenvalue weighted by molar-refractivity contribution is 0.0697. The molecule has 0 unspecified atom stereocenters. The van der Waals surface area contributed by atoms with Crippen LogP contribution in [0.25, 0.3) is 0 Å². The number of carbonyl (C=O) groups excluding carboxylic acids is 1. The highest BCUT2D eigenvalue weighted by atomic mass is 127.